The van der Waals surface area contributed by atoms with Gasteiger partial charge in [-0.05, 0) is 30.4 Å². The molecular formula is C18H29N3. The summed E-state index contributed by atoms with van der Waals surface area (Å²) in [4.78, 5) is 4.86. The van der Waals surface area contributed by atoms with E-state index in [4.69, 9.17) is 10.7 Å². The Morgan fingerprint density at radius 2 is 1.86 bits per heavy atom. The molecule has 0 aliphatic heterocycles. The molecule has 0 amide bonds. The molecule has 2 N–H and O–H groups in total. The van der Waals surface area contributed by atoms with Crippen LogP contribution in [0.4, 0.5) is 0 Å². The van der Waals surface area contributed by atoms with Crippen molar-refractivity contribution in [2.75, 3.05) is 0 Å². The molecule has 1 aromatic carbocycles. The van der Waals surface area contributed by atoms with Gasteiger partial charge in [-0.1, -0.05) is 46.8 Å². The lowest BCUT2D eigenvalue weighted by molar-refractivity contribution is 0.202. The summed E-state index contributed by atoms with van der Waals surface area (Å²) in [6.45, 7) is 11.2. The Hall–Kier alpha value is -1.35. The predicted octanol–water partition coefficient (Wildman–Crippen LogP) is 4.31. The molecule has 0 aliphatic rings. The Kier molecular flexibility index (Phi) is 4.72. The summed E-state index contributed by atoms with van der Waals surface area (Å²) >= 11 is 0. The summed E-state index contributed by atoms with van der Waals surface area (Å²) in [5.41, 5.74) is 8.90. The third-order valence-corrected chi connectivity index (χ3v) is 4.18. The summed E-state index contributed by atoms with van der Waals surface area (Å²) in [5.74, 6) is 1.17. The number of imidazole rings is 1. The quantitative estimate of drug-likeness (QED) is 0.890. The van der Waals surface area contributed by atoms with Crippen molar-refractivity contribution in [3.63, 3.8) is 0 Å². The van der Waals surface area contributed by atoms with Gasteiger partial charge in [0.1, 0.15) is 5.82 Å². The molecular weight excluding hydrogens is 258 g/mol. The lowest BCUT2D eigenvalue weighted by atomic mass is 9.81. The molecule has 2 rings (SSSR count). The zero-order valence-electron chi connectivity index (χ0n) is 14.1. The number of hydrogen-bond donors (Lipinski definition) is 1. The minimum absolute atomic E-state index is 0.0986. The van der Waals surface area contributed by atoms with Crippen LogP contribution in [-0.2, 0) is 6.42 Å². The summed E-state index contributed by atoms with van der Waals surface area (Å²) < 4.78 is 2.41. The first-order valence-corrected chi connectivity index (χ1v) is 8.11. The van der Waals surface area contributed by atoms with Gasteiger partial charge < -0.3 is 10.3 Å². The van der Waals surface area contributed by atoms with Crippen molar-refractivity contribution in [2.45, 2.75) is 66.0 Å². The van der Waals surface area contributed by atoms with Crippen molar-refractivity contribution in [3.8, 4) is 0 Å². The molecule has 1 heterocycles. The summed E-state index contributed by atoms with van der Waals surface area (Å²) in [6, 6.07) is 8.81. The van der Waals surface area contributed by atoms with Crippen LogP contribution >= 0.6 is 0 Å². The Morgan fingerprint density at radius 1 is 1.19 bits per heavy atom. The van der Waals surface area contributed by atoms with Crippen molar-refractivity contribution in [2.24, 2.45) is 11.1 Å². The van der Waals surface area contributed by atoms with Crippen molar-refractivity contribution in [3.05, 3.63) is 30.1 Å². The maximum Gasteiger partial charge on any atom is 0.110 e. The molecule has 0 aliphatic carbocycles. The van der Waals surface area contributed by atoms with Gasteiger partial charge in [0.25, 0.3) is 0 Å². The molecule has 0 fully saturated rings. The minimum Gasteiger partial charge on any atom is -0.326 e. The molecule has 3 heteroatoms. The van der Waals surface area contributed by atoms with E-state index in [9.17, 15) is 0 Å². The molecule has 2 aromatic rings. The van der Waals surface area contributed by atoms with Crippen molar-refractivity contribution >= 4 is 11.0 Å². The number of aromatic nitrogens is 2. The topological polar surface area (TPSA) is 43.8 Å². The Morgan fingerprint density at radius 3 is 2.43 bits per heavy atom. The molecule has 0 bridgehead atoms. The standard InChI is InChI=1S/C18H29N3/c1-6-10-16-20-14-11-8-9-12-15(14)21(16)17(13(19)7-2)18(3,4)5/h8-9,11-13,17H,6-7,10,19H2,1-5H3. The first-order chi connectivity index (χ1) is 9.90. The number of rotatable bonds is 5. The maximum absolute atomic E-state index is 6.50. The fraction of sp³-hybridized carbons (Fsp3) is 0.611. The van der Waals surface area contributed by atoms with Crippen LogP contribution in [-0.4, -0.2) is 15.6 Å². The average Bonchev–Trinajstić information content (AvgIpc) is 2.76. The van der Waals surface area contributed by atoms with E-state index in [0.29, 0.717) is 0 Å². The lowest BCUT2D eigenvalue weighted by Gasteiger charge is -2.37. The summed E-state index contributed by atoms with van der Waals surface area (Å²) in [6.07, 6.45) is 3.07. The largest absolute Gasteiger partial charge is 0.326 e. The van der Waals surface area contributed by atoms with Crippen LogP contribution in [0, 0.1) is 5.41 Å². The summed E-state index contributed by atoms with van der Waals surface area (Å²) in [7, 11) is 0. The number of hydrogen-bond acceptors (Lipinski definition) is 2. The number of benzene rings is 1. The van der Waals surface area contributed by atoms with Crippen molar-refractivity contribution < 1.29 is 0 Å². The van der Waals surface area contributed by atoms with Crippen LogP contribution < -0.4 is 5.73 Å². The Balaban J connectivity index is 2.67. The number of nitrogens with two attached hydrogens (primary N) is 1. The van der Waals surface area contributed by atoms with E-state index in [1.807, 2.05) is 0 Å². The normalized spacial score (nSPS) is 15.3. The number of fused-ring (bicyclic) bond motifs is 1. The molecule has 0 spiro atoms. The van der Waals surface area contributed by atoms with E-state index in [2.05, 4.69) is 63.5 Å². The smallest absolute Gasteiger partial charge is 0.110 e. The fourth-order valence-corrected chi connectivity index (χ4v) is 3.25. The lowest BCUT2D eigenvalue weighted by Crippen LogP contribution is -2.40. The van der Waals surface area contributed by atoms with E-state index in [0.717, 1.165) is 24.8 Å². The molecule has 21 heavy (non-hydrogen) atoms. The van der Waals surface area contributed by atoms with E-state index >= 15 is 0 Å². The maximum atomic E-state index is 6.50. The highest BCUT2D eigenvalue weighted by molar-refractivity contribution is 5.76. The van der Waals surface area contributed by atoms with Crippen LogP contribution in [0.1, 0.15) is 59.3 Å². The zero-order valence-corrected chi connectivity index (χ0v) is 14.1. The van der Waals surface area contributed by atoms with Gasteiger partial charge in [-0.15, -0.1) is 0 Å². The predicted molar refractivity (Wildman–Crippen MR) is 90.5 cm³/mol. The van der Waals surface area contributed by atoms with Gasteiger partial charge in [0.05, 0.1) is 17.1 Å². The fourth-order valence-electron chi connectivity index (χ4n) is 3.25. The highest BCUT2D eigenvalue weighted by Crippen LogP contribution is 2.37. The summed E-state index contributed by atoms with van der Waals surface area (Å²) in [5, 5.41) is 0. The first-order valence-electron chi connectivity index (χ1n) is 8.11. The second-order valence-corrected chi connectivity index (χ2v) is 7.02. The first kappa shape index (κ1) is 16.0. The van der Waals surface area contributed by atoms with Gasteiger partial charge in [-0.3, -0.25) is 0 Å². The third-order valence-electron chi connectivity index (χ3n) is 4.18. The van der Waals surface area contributed by atoms with Crippen LogP contribution in [0.25, 0.3) is 11.0 Å². The van der Waals surface area contributed by atoms with Crippen molar-refractivity contribution in [1.29, 1.82) is 0 Å². The van der Waals surface area contributed by atoms with Crippen LogP contribution in [0.5, 0.6) is 0 Å². The highest BCUT2D eigenvalue weighted by atomic mass is 15.1. The van der Waals surface area contributed by atoms with E-state index in [1.54, 1.807) is 0 Å². The number of aryl methyl sites for hydroxylation is 1. The molecule has 116 valence electrons. The Labute approximate surface area is 128 Å². The van der Waals surface area contributed by atoms with E-state index in [1.165, 1.54) is 11.3 Å². The van der Waals surface area contributed by atoms with Gasteiger partial charge in [0.2, 0.25) is 0 Å². The monoisotopic (exact) mass is 287 g/mol. The molecule has 0 saturated heterocycles. The van der Waals surface area contributed by atoms with Crippen LogP contribution in [0.15, 0.2) is 24.3 Å². The minimum atomic E-state index is 0.0986. The van der Waals surface area contributed by atoms with Crippen molar-refractivity contribution in [1.82, 2.24) is 9.55 Å². The van der Waals surface area contributed by atoms with E-state index < -0.39 is 0 Å². The van der Waals surface area contributed by atoms with E-state index in [-0.39, 0.29) is 17.5 Å². The van der Waals surface area contributed by atoms with Crippen LogP contribution in [0.3, 0.4) is 0 Å². The molecule has 2 atom stereocenters. The zero-order chi connectivity index (χ0) is 15.6. The number of nitrogens with zero attached hydrogens (tertiary/aromatic N) is 2. The molecule has 3 nitrogen and oxygen atoms in total. The van der Waals surface area contributed by atoms with Crippen LogP contribution in [0.2, 0.25) is 0 Å². The molecule has 1 aromatic heterocycles. The van der Waals surface area contributed by atoms with Gasteiger partial charge in [-0.25, -0.2) is 4.98 Å². The second-order valence-electron chi connectivity index (χ2n) is 7.02. The van der Waals surface area contributed by atoms with Gasteiger partial charge in [-0.2, -0.15) is 0 Å². The van der Waals surface area contributed by atoms with Gasteiger partial charge in [0, 0.05) is 12.5 Å². The highest BCUT2D eigenvalue weighted by Gasteiger charge is 2.33. The Bertz CT molecular complexity index is 592. The average molecular weight is 287 g/mol. The van der Waals surface area contributed by atoms with Gasteiger partial charge in [0.15, 0.2) is 0 Å². The SMILES string of the molecule is CCCc1nc2ccccc2n1C(C(N)CC)C(C)(C)C. The molecule has 2 unspecified atom stereocenters. The van der Waals surface area contributed by atoms with Gasteiger partial charge >= 0.3 is 0 Å². The molecule has 0 radical (unpaired) electrons. The number of para-hydroxylation sites is 2. The third kappa shape index (κ3) is 3.13. The second kappa shape index (κ2) is 6.18. The molecule has 0 saturated carbocycles.